The zero-order chi connectivity index (χ0) is 17.1. The van der Waals surface area contributed by atoms with Crippen molar-refractivity contribution in [2.75, 3.05) is 0 Å². The Morgan fingerprint density at radius 1 is 0.864 bits per heavy atom. The molecule has 0 aromatic carbocycles. The van der Waals surface area contributed by atoms with Gasteiger partial charge in [-0.15, -0.1) is 0 Å². The van der Waals surface area contributed by atoms with Gasteiger partial charge in [0, 0.05) is 12.2 Å². The Hall–Kier alpha value is -0.380. The van der Waals surface area contributed by atoms with Gasteiger partial charge in [0.05, 0.1) is 0 Å². The van der Waals surface area contributed by atoms with Crippen LogP contribution in [0.4, 0.5) is 0 Å². The van der Waals surface area contributed by atoms with Crippen molar-refractivity contribution in [1.82, 2.24) is 0 Å². The van der Waals surface area contributed by atoms with Crippen molar-refractivity contribution in [2.24, 2.45) is 0 Å². The standard InChI is InChI=1S/2C5H5.2C3H8O.C3H6.Hf/c2*1-2-4-5-3-1;2*1-3(2)4;1-3-2;/h2*1-3H,4H2;2*3-4H,1-2H3;1-2H3;. The number of rotatable bonds is 2. The molecule has 0 spiro atoms. The minimum atomic E-state index is -1.69. The fourth-order valence-corrected chi connectivity index (χ4v) is 12.4. The van der Waals surface area contributed by atoms with Crippen LogP contribution in [0.3, 0.4) is 0 Å². The van der Waals surface area contributed by atoms with Crippen LogP contribution in [-0.2, 0) is 21.0 Å². The molecule has 2 N–H and O–H groups in total. The first-order valence-corrected chi connectivity index (χ1v) is 13.4. The van der Waals surface area contributed by atoms with E-state index in [0.717, 1.165) is 0 Å². The van der Waals surface area contributed by atoms with Gasteiger partial charge in [-0.05, 0) is 27.7 Å². The second kappa shape index (κ2) is 12.1. The Balaban J connectivity index is 0.000000464. The molecule has 2 aliphatic carbocycles. The van der Waals surface area contributed by atoms with E-state index in [0.29, 0.717) is 0 Å². The van der Waals surface area contributed by atoms with Gasteiger partial charge in [-0.1, -0.05) is 0 Å². The SMILES string of the molecule is CC(C)O.CC(C)O.C[C](C)=[Hf]([C]1=CC=CC1)[C]1=CC=CC1. The molecule has 22 heavy (non-hydrogen) atoms. The van der Waals surface area contributed by atoms with Crippen molar-refractivity contribution in [3.8, 4) is 0 Å². The third-order valence-electron chi connectivity index (χ3n) is 2.68. The zero-order valence-electron chi connectivity index (χ0n) is 14.9. The van der Waals surface area contributed by atoms with E-state index in [1.807, 2.05) is 0 Å². The van der Waals surface area contributed by atoms with E-state index in [4.69, 9.17) is 10.2 Å². The summed E-state index contributed by atoms with van der Waals surface area (Å²) in [6.45, 7) is 11.6. The second-order valence-corrected chi connectivity index (χ2v) is 17.1. The van der Waals surface area contributed by atoms with Gasteiger partial charge in [-0.2, -0.15) is 0 Å². The third-order valence-corrected chi connectivity index (χ3v) is 13.6. The molecule has 2 aliphatic rings. The molecular weight excluding hydrogens is 439 g/mol. The number of hydrogen-bond acceptors (Lipinski definition) is 2. The monoisotopic (exact) mass is 472 g/mol. The first-order valence-electron chi connectivity index (χ1n) is 8.01. The Labute approximate surface area is 144 Å². The van der Waals surface area contributed by atoms with E-state index < -0.39 is 21.0 Å². The van der Waals surface area contributed by atoms with Crippen LogP contribution in [0.15, 0.2) is 43.1 Å². The molecule has 124 valence electrons. The topological polar surface area (TPSA) is 40.5 Å². The van der Waals surface area contributed by atoms with Crippen molar-refractivity contribution in [3.63, 3.8) is 0 Å². The average Bonchev–Trinajstić information content (AvgIpc) is 3.00. The van der Waals surface area contributed by atoms with Crippen molar-refractivity contribution in [1.29, 1.82) is 0 Å². The fraction of sp³-hybridized carbons (Fsp3) is 0.526. The maximum atomic E-state index is 8.06. The van der Waals surface area contributed by atoms with Gasteiger partial charge in [-0.25, -0.2) is 0 Å². The molecule has 0 saturated carbocycles. The molecule has 0 aliphatic heterocycles. The zero-order valence-corrected chi connectivity index (χ0v) is 18.5. The number of aliphatic hydroxyl groups excluding tert-OH is 2. The van der Waals surface area contributed by atoms with Crippen LogP contribution in [0.5, 0.6) is 0 Å². The van der Waals surface area contributed by atoms with E-state index in [1.54, 1.807) is 37.6 Å². The van der Waals surface area contributed by atoms with Crippen LogP contribution in [0.25, 0.3) is 0 Å². The summed E-state index contributed by atoms with van der Waals surface area (Å²) in [7, 11) is 0. The summed E-state index contributed by atoms with van der Waals surface area (Å²) in [6.07, 6.45) is 15.9. The normalized spacial score (nSPS) is 15.0. The molecule has 0 bridgehead atoms. The van der Waals surface area contributed by atoms with Gasteiger partial charge in [0.2, 0.25) is 0 Å². The van der Waals surface area contributed by atoms with E-state index in [2.05, 4.69) is 50.3 Å². The van der Waals surface area contributed by atoms with Crippen LogP contribution in [-0.4, -0.2) is 25.7 Å². The van der Waals surface area contributed by atoms with E-state index in [1.165, 1.54) is 12.8 Å². The van der Waals surface area contributed by atoms with E-state index in [9.17, 15) is 0 Å². The number of aliphatic hydroxyl groups is 2. The molecule has 0 fully saturated rings. The van der Waals surface area contributed by atoms with Crippen LogP contribution in [0, 0.1) is 0 Å². The van der Waals surface area contributed by atoms with Crippen LogP contribution >= 0.6 is 0 Å². The quantitative estimate of drug-likeness (QED) is 0.591. The number of hydrogen-bond donors (Lipinski definition) is 2. The fourth-order valence-electron chi connectivity index (χ4n) is 2.11. The Kier molecular flexibility index (Phi) is 11.9. The van der Waals surface area contributed by atoms with Crippen molar-refractivity contribution in [2.45, 2.75) is 66.6 Å². The molecule has 0 aromatic heterocycles. The first-order chi connectivity index (χ1) is 10.3. The van der Waals surface area contributed by atoms with Crippen molar-refractivity contribution < 1.29 is 31.2 Å². The maximum absolute atomic E-state index is 8.06. The molecule has 2 rings (SSSR count). The average molecular weight is 471 g/mol. The number of allylic oxidation sites excluding steroid dienone is 8. The van der Waals surface area contributed by atoms with Crippen LogP contribution in [0.2, 0.25) is 0 Å². The van der Waals surface area contributed by atoms with Gasteiger partial charge in [0.15, 0.2) is 0 Å². The summed E-state index contributed by atoms with van der Waals surface area (Å²) < 4.78 is 5.26. The Morgan fingerprint density at radius 2 is 1.18 bits per heavy atom. The van der Waals surface area contributed by atoms with Gasteiger partial charge >= 0.3 is 94.0 Å². The molecule has 0 amide bonds. The van der Waals surface area contributed by atoms with Gasteiger partial charge in [0.1, 0.15) is 0 Å². The molecule has 0 unspecified atom stereocenters. The molecule has 0 radical (unpaired) electrons. The van der Waals surface area contributed by atoms with Crippen molar-refractivity contribution in [3.05, 3.63) is 43.1 Å². The van der Waals surface area contributed by atoms with Crippen LogP contribution in [0.1, 0.15) is 54.4 Å². The summed E-state index contributed by atoms with van der Waals surface area (Å²) >= 11 is -1.69. The third kappa shape index (κ3) is 10.4. The molecule has 0 atom stereocenters. The first kappa shape index (κ1) is 21.6. The summed E-state index contributed by atoms with van der Waals surface area (Å²) in [5.74, 6) is 0. The summed E-state index contributed by atoms with van der Waals surface area (Å²) in [5, 5.41) is 16.1. The Morgan fingerprint density at radius 3 is 1.36 bits per heavy atom. The summed E-state index contributed by atoms with van der Waals surface area (Å²) in [5.41, 5.74) is 0. The molecule has 0 aromatic rings. The Bertz CT molecular complexity index is 430. The van der Waals surface area contributed by atoms with Gasteiger partial charge < -0.3 is 10.2 Å². The minimum absolute atomic E-state index is 0.167. The van der Waals surface area contributed by atoms with E-state index >= 15 is 0 Å². The van der Waals surface area contributed by atoms with Gasteiger partial charge in [-0.3, -0.25) is 0 Å². The van der Waals surface area contributed by atoms with Crippen molar-refractivity contribution >= 4 is 3.26 Å². The molecule has 0 heterocycles. The van der Waals surface area contributed by atoms with E-state index in [-0.39, 0.29) is 12.2 Å². The van der Waals surface area contributed by atoms with Crippen LogP contribution < -0.4 is 0 Å². The second-order valence-electron chi connectivity index (χ2n) is 6.21. The van der Waals surface area contributed by atoms with Gasteiger partial charge in [0.25, 0.3) is 0 Å². The predicted octanol–water partition coefficient (Wildman–Crippen LogP) is 4.28. The summed E-state index contributed by atoms with van der Waals surface area (Å²) in [4.78, 5) is 0. The molecule has 3 heteroatoms. The molecule has 0 saturated heterocycles. The molecule has 2 nitrogen and oxygen atoms in total. The predicted molar refractivity (Wildman–Crippen MR) is 94.7 cm³/mol. The molecular formula is C19H32HfO2. The summed E-state index contributed by atoms with van der Waals surface area (Å²) in [6, 6.07) is 0.